The number of benzene rings is 1. The number of rotatable bonds is 5. The summed E-state index contributed by atoms with van der Waals surface area (Å²) in [4.78, 5) is 12.9. The Kier molecular flexibility index (Phi) is 5.83. The van der Waals surface area contributed by atoms with Crippen LogP contribution in [0.25, 0.3) is 10.2 Å². The number of thiophene rings is 1. The van der Waals surface area contributed by atoms with Gasteiger partial charge in [-0.15, -0.1) is 11.3 Å². The highest BCUT2D eigenvalue weighted by Crippen LogP contribution is 2.41. The minimum absolute atomic E-state index is 0.498. The Morgan fingerprint density at radius 2 is 1.93 bits per heavy atom. The molecule has 2 aromatic heterocycles. The molecule has 158 valence electrons. The maximum absolute atomic E-state index is 6.33. The average molecular weight is 442 g/mol. The number of aryl methyl sites for hydroxylation is 2. The van der Waals surface area contributed by atoms with Crippen LogP contribution in [0.4, 0.5) is 5.82 Å². The first-order valence-electron chi connectivity index (χ1n) is 11.1. The van der Waals surface area contributed by atoms with E-state index in [9.17, 15) is 0 Å². The van der Waals surface area contributed by atoms with E-state index in [1.807, 2.05) is 23.5 Å². The Bertz CT molecular complexity index is 1060. The maximum atomic E-state index is 6.33. The van der Waals surface area contributed by atoms with E-state index in [0.717, 1.165) is 23.6 Å². The van der Waals surface area contributed by atoms with Crippen molar-refractivity contribution >= 4 is 39.0 Å². The SMILES string of the molecule is COc1ccc(CNc2nc(C3CCCCC3)nc3sc4c(c23)CCCC4)cc1Cl. The van der Waals surface area contributed by atoms with Crippen molar-refractivity contribution in [3.8, 4) is 5.75 Å². The minimum Gasteiger partial charge on any atom is -0.495 e. The number of hydrogen-bond acceptors (Lipinski definition) is 5. The summed E-state index contributed by atoms with van der Waals surface area (Å²) < 4.78 is 5.28. The van der Waals surface area contributed by atoms with Crippen LogP contribution >= 0.6 is 22.9 Å². The summed E-state index contributed by atoms with van der Waals surface area (Å²) in [6.45, 7) is 0.685. The summed E-state index contributed by atoms with van der Waals surface area (Å²) in [5.74, 6) is 3.25. The smallest absolute Gasteiger partial charge is 0.139 e. The van der Waals surface area contributed by atoms with Crippen LogP contribution in [0.5, 0.6) is 5.75 Å². The summed E-state index contributed by atoms with van der Waals surface area (Å²) >= 11 is 8.23. The van der Waals surface area contributed by atoms with E-state index in [1.54, 1.807) is 7.11 Å². The topological polar surface area (TPSA) is 47.0 Å². The Morgan fingerprint density at radius 3 is 2.73 bits per heavy atom. The van der Waals surface area contributed by atoms with Crippen molar-refractivity contribution in [1.82, 2.24) is 9.97 Å². The second-order valence-electron chi connectivity index (χ2n) is 8.48. The summed E-state index contributed by atoms with van der Waals surface area (Å²) in [5, 5.41) is 5.54. The Labute approximate surface area is 187 Å². The van der Waals surface area contributed by atoms with Gasteiger partial charge in [-0.05, 0) is 61.8 Å². The minimum atomic E-state index is 0.498. The van der Waals surface area contributed by atoms with E-state index in [1.165, 1.54) is 72.0 Å². The molecule has 6 heteroatoms. The third-order valence-electron chi connectivity index (χ3n) is 6.48. The summed E-state index contributed by atoms with van der Waals surface area (Å²) in [6.07, 6.45) is 11.2. The largest absolute Gasteiger partial charge is 0.495 e. The van der Waals surface area contributed by atoms with Gasteiger partial charge in [0.25, 0.3) is 0 Å². The number of nitrogens with zero attached hydrogens (tertiary/aromatic N) is 2. The molecule has 2 aliphatic rings. The van der Waals surface area contributed by atoms with Crippen molar-refractivity contribution in [3.63, 3.8) is 0 Å². The second-order valence-corrected chi connectivity index (χ2v) is 9.97. The van der Waals surface area contributed by atoms with Gasteiger partial charge in [0.1, 0.15) is 22.2 Å². The van der Waals surface area contributed by atoms with Crippen LogP contribution in [0.2, 0.25) is 5.02 Å². The summed E-state index contributed by atoms with van der Waals surface area (Å²) in [6, 6.07) is 5.95. The zero-order valence-corrected chi connectivity index (χ0v) is 19.0. The molecule has 5 rings (SSSR count). The molecular weight excluding hydrogens is 414 g/mol. The lowest BCUT2D eigenvalue weighted by molar-refractivity contribution is 0.415. The van der Waals surface area contributed by atoms with Crippen LogP contribution in [0.3, 0.4) is 0 Å². The molecule has 0 radical (unpaired) electrons. The van der Waals surface area contributed by atoms with Crippen molar-refractivity contribution in [2.24, 2.45) is 0 Å². The zero-order chi connectivity index (χ0) is 20.5. The van der Waals surface area contributed by atoms with Gasteiger partial charge >= 0.3 is 0 Å². The predicted molar refractivity (Wildman–Crippen MR) is 125 cm³/mol. The molecule has 1 saturated carbocycles. The van der Waals surface area contributed by atoms with Gasteiger partial charge in [-0.2, -0.15) is 0 Å². The average Bonchev–Trinajstić information content (AvgIpc) is 3.17. The molecule has 0 spiro atoms. The van der Waals surface area contributed by atoms with Crippen molar-refractivity contribution < 1.29 is 4.74 Å². The van der Waals surface area contributed by atoms with Crippen LogP contribution < -0.4 is 10.1 Å². The van der Waals surface area contributed by atoms with E-state index in [-0.39, 0.29) is 0 Å². The predicted octanol–water partition coefficient (Wildman–Crippen LogP) is 6.89. The van der Waals surface area contributed by atoms with Crippen LogP contribution in [0, 0.1) is 0 Å². The Balaban J connectivity index is 1.51. The van der Waals surface area contributed by atoms with Gasteiger partial charge in [0, 0.05) is 17.3 Å². The lowest BCUT2D eigenvalue weighted by Crippen LogP contribution is -2.11. The summed E-state index contributed by atoms with van der Waals surface area (Å²) in [7, 11) is 1.64. The highest BCUT2D eigenvalue weighted by atomic mass is 35.5. The molecule has 2 heterocycles. The molecule has 1 aromatic carbocycles. The van der Waals surface area contributed by atoms with Gasteiger partial charge in [-0.3, -0.25) is 0 Å². The Hall–Kier alpha value is -1.85. The second kappa shape index (κ2) is 8.72. The molecule has 0 saturated heterocycles. The molecular formula is C24H28ClN3OS. The van der Waals surface area contributed by atoms with Crippen molar-refractivity contribution in [1.29, 1.82) is 0 Å². The van der Waals surface area contributed by atoms with E-state index in [2.05, 4.69) is 11.4 Å². The van der Waals surface area contributed by atoms with E-state index >= 15 is 0 Å². The van der Waals surface area contributed by atoms with Gasteiger partial charge in [-0.25, -0.2) is 9.97 Å². The molecule has 4 nitrogen and oxygen atoms in total. The molecule has 0 amide bonds. The molecule has 3 aromatic rings. The monoisotopic (exact) mass is 441 g/mol. The van der Waals surface area contributed by atoms with Gasteiger partial charge < -0.3 is 10.1 Å². The zero-order valence-electron chi connectivity index (χ0n) is 17.5. The molecule has 2 aliphatic carbocycles. The normalized spacial score (nSPS) is 17.1. The molecule has 0 unspecified atom stereocenters. The number of hydrogen-bond donors (Lipinski definition) is 1. The molecule has 1 N–H and O–H groups in total. The third-order valence-corrected chi connectivity index (χ3v) is 7.96. The number of fused-ring (bicyclic) bond motifs is 3. The number of anilines is 1. The molecule has 30 heavy (non-hydrogen) atoms. The highest BCUT2D eigenvalue weighted by Gasteiger charge is 2.24. The molecule has 0 aliphatic heterocycles. The van der Waals surface area contributed by atoms with Crippen LogP contribution in [0.1, 0.15) is 72.7 Å². The number of ether oxygens (including phenoxy) is 1. The van der Waals surface area contributed by atoms with Crippen molar-refractivity contribution in [2.45, 2.75) is 70.3 Å². The first kappa shape index (κ1) is 20.1. The van der Waals surface area contributed by atoms with E-state index in [0.29, 0.717) is 23.2 Å². The maximum Gasteiger partial charge on any atom is 0.139 e. The fraction of sp³-hybridized carbons (Fsp3) is 0.500. The van der Waals surface area contributed by atoms with Crippen molar-refractivity contribution in [2.75, 3.05) is 12.4 Å². The van der Waals surface area contributed by atoms with Crippen LogP contribution in [0.15, 0.2) is 18.2 Å². The first-order valence-corrected chi connectivity index (χ1v) is 12.3. The highest BCUT2D eigenvalue weighted by molar-refractivity contribution is 7.19. The molecule has 0 bridgehead atoms. The lowest BCUT2D eigenvalue weighted by atomic mass is 9.88. The van der Waals surface area contributed by atoms with Crippen LogP contribution in [-0.2, 0) is 19.4 Å². The van der Waals surface area contributed by atoms with Crippen LogP contribution in [-0.4, -0.2) is 17.1 Å². The summed E-state index contributed by atoms with van der Waals surface area (Å²) in [5.41, 5.74) is 2.60. The van der Waals surface area contributed by atoms with Crippen molar-refractivity contribution in [3.05, 3.63) is 45.1 Å². The van der Waals surface area contributed by atoms with Gasteiger partial charge in [0.05, 0.1) is 17.5 Å². The number of halogens is 1. The number of methoxy groups -OCH3 is 1. The fourth-order valence-corrected chi connectivity index (χ4v) is 6.40. The third kappa shape index (κ3) is 3.90. The number of aromatic nitrogens is 2. The van der Waals surface area contributed by atoms with Gasteiger partial charge in [-0.1, -0.05) is 36.9 Å². The first-order chi connectivity index (χ1) is 14.7. The Morgan fingerprint density at radius 1 is 1.10 bits per heavy atom. The standard InChI is InChI=1S/C24H28ClN3OS/c1-29-19-12-11-15(13-18(19)25)14-26-23-21-17-9-5-6-10-20(17)30-24(21)28-22(27-23)16-7-3-2-4-8-16/h11-13,16H,2-10,14H2,1H3,(H,26,27,28). The number of nitrogens with one attached hydrogen (secondary N) is 1. The fourth-order valence-electron chi connectivity index (χ4n) is 4.85. The van der Waals surface area contributed by atoms with E-state index < -0.39 is 0 Å². The quantitative estimate of drug-likeness (QED) is 0.468. The molecule has 0 atom stereocenters. The molecule has 1 fully saturated rings. The lowest BCUT2D eigenvalue weighted by Gasteiger charge is -2.21. The van der Waals surface area contributed by atoms with E-state index in [4.69, 9.17) is 26.3 Å². The van der Waals surface area contributed by atoms with Gasteiger partial charge in [0.2, 0.25) is 0 Å². The van der Waals surface area contributed by atoms with Gasteiger partial charge in [0.15, 0.2) is 0 Å².